The Labute approximate surface area is 108 Å². The van der Waals surface area contributed by atoms with E-state index in [1.807, 2.05) is 6.07 Å². The van der Waals surface area contributed by atoms with Gasteiger partial charge < -0.3 is 10.0 Å². The summed E-state index contributed by atoms with van der Waals surface area (Å²) >= 11 is 0. The smallest absolute Gasteiger partial charge is 0.219 e. The van der Waals surface area contributed by atoms with Crippen LogP contribution in [0.15, 0.2) is 18.2 Å². The lowest BCUT2D eigenvalue weighted by Gasteiger charge is -2.27. The van der Waals surface area contributed by atoms with E-state index in [-0.39, 0.29) is 18.6 Å². The Bertz CT molecular complexity index is 442. The molecule has 0 bridgehead atoms. The highest BCUT2D eigenvalue weighted by molar-refractivity contribution is 5.73. The minimum Gasteiger partial charge on any atom is -0.394 e. The molecule has 3 heteroatoms. The summed E-state index contributed by atoms with van der Waals surface area (Å²) in [6.07, 6.45) is 4.78. The van der Waals surface area contributed by atoms with Crippen molar-refractivity contribution in [1.82, 2.24) is 4.90 Å². The van der Waals surface area contributed by atoms with Crippen LogP contribution in [0.5, 0.6) is 0 Å². The van der Waals surface area contributed by atoms with Crippen LogP contribution in [0.1, 0.15) is 42.5 Å². The molecule has 0 aliphatic heterocycles. The fourth-order valence-electron chi connectivity index (χ4n) is 2.63. The Morgan fingerprint density at radius 1 is 1.33 bits per heavy atom. The second-order valence-electron chi connectivity index (χ2n) is 5.06. The predicted octanol–water partition coefficient (Wildman–Crippen LogP) is 2.08. The average Bonchev–Trinajstić information content (AvgIpc) is 2.39. The maximum absolute atomic E-state index is 11.4. The molecule has 1 aromatic carbocycles. The van der Waals surface area contributed by atoms with Gasteiger partial charge in [0.05, 0.1) is 12.6 Å². The normalized spacial score (nSPS) is 15.9. The molecule has 0 radical (unpaired) electrons. The highest BCUT2D eigenvalue weighted by atomic mass is 16.3. The highest BCUT2D eigenvalue weighted by Gasteiger charge is 2.20. The van der Waals surface area contributed by atoms with Gasteiger partial charge in [0.15, 0.2) is 0 Å². The van der Waals surface area contributed by atoms with Gasteiger partial charge in [0.2, 0.25) is 5.91 Å². The molecule has 18 heavy (non-hydrogen) atoms. The molecule has 1 amide bonds. The second-order valence-corrected chi connectivity index (χ2v) is 5.06. The fourth-order valence-corrected chi connectivity index (χ4v) is 2.63. The van der Waals surface area contributed by atoms with Crippen LogP contribution >= 0.6 is 0 Å². The summed E-state index contributed by atoms with van der Waals surface area (Å²) < 4.78 is 0. The molecule has 1 atom stereocenters. The average molecular weight is 247 g/mol. The molecular formula is C15H21NO2. The van der Waals surface area contributed by atoms with Crippen LogP contribution in [0.25, 0.3) is 0 Å². The van der Waals surface area contributed by atoms with Crippen molar-refractivity contribution in [2.75, 3.05) is 13.7 Å². The molecule has 2 rings (SSSR count). The van der Waals surface area contributed by atoms with Crippen molar-refractivity contribution in [3.63, 3.8) is 0 Å². The number of carbonyl (C=O) groups is 1. The molecule has 3 nitrogen and oxygen atoms in total. The first-order valence-electron chi connectivity index (χ1n) is 6.59. The first kappa shape index (κ1) is 13.1. The second kappa shape index (κ2) is 5.53. The topological polar surface area (TPSA) is 40.5 Å². The summed E-state index contributed by atoms with van der Waals surface area (Å²) in [4.78, 5) is 13.0. The molecule has 1 aliphatic rings. The van der Waals surface area contributed by atoms with Crippen LogP contribution in [0.3, 0.4) is 0 Å². The molecule has 0 heterocycles. The monoisotopic (exact) mass is 247 g/mol. The zero-order chi connectivity index (χ0) is 13.1. The Kier molecular flexibility index (Phi) is 4.02. The number of carbonyl (C=O) groups excluding carboxylic acids is 1. The highest BCUT2D eigenvalue weighted by Crippen LogP contribution is 2.26. The lowest BCUT2D eigenvalue weighted by atomic mass is 9.89. The summed E-state index contributed by atoms with van der Waals surface area (Å²) in [5, 5.41) is 9.51. The van der Waals surface area contributed by atoms with E-state index >= 15 is 0 Å². The first-order chi connectivity index (χ1) is 8.63. The van der Waals surface area contributed by atoms with Crippen LogP contribution in [-0.2, 0) is 17.6 Å². The quantitative estimate of drug-likeness (QED) is 0.888. The number of hydrogen-bond acceptors (Lipinski definition) is 2. The third-order valence-corrected chi connectivity index (χ3v) is 3.89. The maximum atomic E-state index is 11.4. The predicted molar refractivity (Wildman–Crippen MR) is 71.4 cm³/mol. The van der Waals surface area contributed by atoms with E-state index in [0.29, 0.717) is 0 Å². The van der Waals surface area contributed by atoms with Gasteiger partial charge in [0.1, 0.15) is 0 Å². The van der Waals surface area contributed by atoms with Gasteiger partial charge in [-0.15, -0.1) is 0 Å². The van der Waals surface area contributed by atoms with Gasteiger partial charge in [-0.05, 0) is 42.4 Å². The Balaban J connectivity index is 2.28. The van der Waals surface area contributed by atoms with Crippen molar-refractivity contribution < 1.29 is 9.90 Å². The van der Waals surface area contributed by atoms with E-state index < -0.39 is 0 Å². The van der Waals surface area contributed by atoms with Gasteiger partial charge in [0.25, 0.3) is 0 Å². The molecule has 0 fully saturated rings. The number of benzene rings is 1. The zero-order valence-corrected chi connectivity index (χ0v) is 11.1. The number of likely N-dealkylation sites (N-methyl/N-ethyl adjacent to an activating group) is 1. The number of amides is 1. The number of aryl methyl sites for hydroxylation is 2. The van der Waals surface area contributed by atoms with Crippen LogP contribution < -0.4 is 0 Å². The molecule has 0 spiro atoms. The number of hydrogen-bond donors (Lipinski definition) is 1. The molecule has 0 aromatic heterocycles. The van der Waals surface area contributed by atoms with Gasteiger partial charge in [0, 0.05) is 14.0 Å². The van der Waals surface area contributed by atoms with Crippen molar-refractivity contribution in [2.24, 2.45) is 0 Å². The number of nitrogens with zero attached hydrogens (tertiary/aromatic N) is 1. The van der Waals surface area contributed by atoms with Crippen molar-refractivity contribution in [1.29, 1.82) is 0 Å². The van der Waals surface area contributed by atoms with Gasteiger partial charge in [-0.25, -0.2) is 0 Å². The van der Waals surface area contributed by atoms with Gasteiger partial charge in [-0.1, -0.05) is 18.2 Å². The minimum absolute atomic E-state index is 0.0215. The molecule has 1 unspecified atom stereocenters. The van der Waals surface area contributed by atoms with E-state index in [2.05, 4.69) is 12.1 Å². The minimum atomic E-state index is -0.227. The molecule has 0 saturated heterocycles. The first-order valence-corrected chi connectivity index (χ1v) is 6.59. The summed E-state index contributed by atoms with van der Waals surface area (Å²) in [5.41, 5.74) is 3.84. The standard InChI is InChI=1S/C15H21NO2/c1-11(18)16(2)15(10-17)14-8-7-12-5-3-4-6-13(12)9-14/h7-9,15,17H,3-6,10H2,1-2H3. The number of rotatable bonds is 3. The van der Waals surface area contributed by atoms with E-state index in [9.17, 15) is 9.90 Å². The SMILES string of the molecule is CC(=O)N(C)C(CO)c1ccc2c(c1)CCCC2. The van der Waals surface area contributed by atoms with Gasteiger partial charge in [-0.3, -0.25) is 4.79 Å². The number of aliphatic hydroxyl groups is 1. The largest absolute Gasteiger partial charge is 0.394 e. The summed E-state index contributed by atoms with van der Waals surface area (Å²) in [7, 11) is 1.74. The molecule has 1 N–H and O–H groups in total. The Morgan fingerprint density at radius 2 is 2.00 bits per heavy atom. The third-order valence-electron chi connectivity index (χ3n) is 3.89. The number of aliphatic hydroxyl groups excluding tert-OH is 1. The number of fused-ring (bicyclic) bond motifs is 1. The Morgan fingerprint density at radius 3 is 2.61 bits per heavy atom. The van der Waals surface area contributed by atoms with Crippen molar-refractivity contribution >= 4 is 5.91 Å². The molecule has 1 aliphatic carbocycles. The summed E-state index contributed by atoms with van der Waals surface area (Å²) in [5.74, 6) is -0.0215. The lowest BCUT2D eigenvalue weighted by molar-refractivity contribution is -0.130. The summed E-state index contributed by atoms with van der Waals surface area (Å²) in [6, 6.07) is 6.13. The van der Waals surface area contributed by atoms with Crippen LogP contribution in [0, 0.1) is 0 Å². The van der Waals surface area contributed by atoms with E-state index in [0.717, 1.165) is 18.4 Å². The van der Waals surface area contributed by atoms with Gasteiger partial charge >= 0.3 is 0 Å². The lowest BCUT2D eigenvalue weighted by Crippen LogP contribution is -2.31. The van der Waals surface area contributed by atoms with Crippen molar-refractivity contribution in [3.8, 4) is 0 Å². The third kappa shape index (κ3) is 2.56. The van der Waals surface area contributed by atoms with E-state index in [4.69, 9.17) is 0 Å². The van der Waals surface area contributed by atoms with Crippen LogP contribution in [0.4, 0.5) is 0 Å². The Hall–Kier alpha value is -1.35. The molecule has 98 valence electrons. The molecule has 0 saturated carbocycles. The van der Waals surface area contributed by atoms with Crippen LogP contribution in [-0.4, -0.2) is 29.6 Å². The van der Waals surface area contributed by atoms with Crippen molar-refractivity contribution in [3.05, 3.63) is 34.9 Å². The van der Waals surface area contributed by atoms with E-state index in [1.54, 1.807) is 11.9 Å². The maximum Gasteiger partial charge on any atom is 0.219 e. The van der Waals surface area contributed by atoms with Crippen LogP contribution in [0.2, 0.25) is 0 Å². The van der Waals surface area contributed by atoms with E-state index in [1.165, 1.54) is 30.9 Å². The zero-order valence-electron chi connectivity index (χ0n) is 11.1. The molecule has 1 aromatic rings. The van der Waals surface area contributed by atoms with Crippen molar-refractivity contribution in [2.45, 2.75) is 38.6 Å². The van der Waals surface area contributed by atoms with Gasteiger partial charge in [-0.2, -0.15) is 0 Å². The summed E-state index contributed by atoms with van der Waals surface area (Å²) in [6.45, 7) is 1.50. The molecular weight excluding hydrogens is 226 g/mol. The fraction of sp³-hybridized carbons (Fsp3) is 0.533.